The summed E-state index contributed by atoms with van der Waals surface area (Å²) in [5.74, 6) is 0.108. The van der Waals surface area contributed by atoms with Crippen LogP contribution in [0.25, 0.3) is 10.8 Å². The van der Waals surface area contributed by atoms with E-state index in [0.29, 0.717) is 12.4 Å². The second-order valence-corrected chi connectivity index (χ2v) is 9.31. The summed E-state index contributed by atoms with van der Waals surface area (Å²) in [6, 6.07) is 22.3. The smallest absolute Gasteiger partial charge is 0.416 e. The van der Waals surface area contributed by atoms with Crippen molar-refractivity contribution in [3.63, 3.8) is 0 Å². The van der Waals surface area contributed by atoms with Gasteiger partial charge >= 0.3 is 6.18 Å². The van der Waals surface area contributed by atoms with E-state index in [1.54, 1.807) is 6.92 Å². The maximum atomic E-state index is 12.9. The fraction of sp³-hybridized carbons (Fsp3) is 0.200. The summed E-state index contributed by atoms with van der Waals surface area (Å²) in [7, 11) is 0. The van der Waals surface area contributed by atoms with Crippen LogP contribution < -0.4 is 14.9 Å². The van der Waals surface area contributed by atoms with E-state index in [9.17, 15) is 18.0 Å². The summed E-state index contributed by atoms with van der Waals surface area (Å²) < 4.78 is 50.2. The quantitative estimate of drug-likeness (QED) is 0.170. The van der Waals surface area contributed by atoms with E-state index in [4.69, 9.17) is 21.1 Å². The molecule has 0 bridgehead atoms. The predicted molar refractivity (Wildman–Crippen MR) is 146 cm³/mol. The van der Waals surface area contributed by atoms with E-state index in [-0.39, 0.29) is 17.2 Å². The highest BCUT2D eigenvalue weighted by Crippen LogP contribution is 2.35. The minimum atomic E-state index is -4.53. The largest absolute Gasteiger partial charge is 0.489 e. The molecule has 0 aliphatic heterocycles. The van der Waals surface area contributed by atoms with Gasteiger partial charge in [-0.15, -0.1) is 0 Å². The second-order valence-electron chi connectivity index (χ2n) is 8.90. The molecule has 1 unspecified atom stereocenters. The van der Waals surface area contributed by atoms with Crippen LogP contribution in [-0.2, 0) is 17.6 Å². The lowest BCUT2D eigenvalue weighted by Crippen LogP contribution is -2.35. The number of fused-ring (bicyclic) bond motifs is 1. The van der Waals surface area contributed by atoms with Gasteiger partial charge in [-0.3, -0.25) is 4.79 Å². The fourth-order valence-corrected chi connectivity index (χ4v) is 4.16. The zero-order chi connectivity index (χ0) is 28.0. The molecule has 0 heterocycles. The Hall–Kier alpha value is -4.04. The summed E-state index contributed by atoms with van der Waals surface area (Å²) in [5, 5.41) is 5.70. The number of rotatable bonds is 9. The van der Waals surface area contributed by atoms with Crippen molar-refractivity contribution in [3.05, 3.63) is 106 Å². The van der Waals surface area contributed by atoms with Crippen LogP contribution in [0.4, 0.5) is 13.2 Å². The Bertz CT molecular complexity index is 1500. The van der Waals surface area contributed by atoms with Gasteiger partial charge in [-0.25, -0.2) is 5.43 Å². The number of ether oxygens (including phenoxy) is 2. The summed E-state index contributed by atoms with van der Waals surface area (Å²) in [6.45, 7) is 4.17. The number of halogens is 4. The number of aryl methyl sites for hydroxylation is 1. The molecule has 0 spiro atoms. The number of nitrogens with one attached hydrogen (secondary N) is 1. The van der Waals surface area contributed by atoms with Gasteiger partial charge in [0.05, 0.1) is 16.8 Å². The molecular formula is C30H26ClF3N2O3. The van der Waals surface area contributed by atoms with Gasteiger partial charge in [-0.1, -0.05) is 72.6 Å². The van der Waals surface area contributed by atoms with E-state index < -0.39 is 23.8 Å². The van der Waals surface area contributed by atoms with Gasteiger partial charge in [0.1, 0.15) is 18.1 Å². The molecule has 0 fully saturated rings. The Morgan fingerprint density at radius 3 is 2.56 bits per heavy atom. The van der Waals surface area contributed by atoms with Gasteiger partial charge < -0.3 is 9.47 Å². The van der Waals surface area contributed by atoms with Crippen molar-refractivity contribution in [1.82, 2.24) is 5.43 Å². The average Bonchev–Trinajstić information content (AvgIpc) is 2.90. The van der Waals surface area contributed by atoms with Gasteiger partial charge in [0.15, 0.2) is 6.10 Å². The molecule has 0 aliphatic rings. The number of carbonyl (C=O) groups is 1. The number of benzene rings is 4. The normalized spacial score (nSPS) is 12.5. The molecule has 4 aromatic carbocycles. The maximum Gasteiger partial charge on any atom is 0.416 e. The topological polar surface area (TPSA) is 59.9 Å². The third-order valence-corrected chi connectivity index (χ3v) is 6.24. The summed E-state index contributed by atoms with van der Waals surface area (Å²) in [6.07, 6.45) is -3.78. The highest BCUT2D eigenvalue weighted by molar-refractivity contribution is 6.32. The molecule has 39 heavy (non-hydrogen) atoms. The van der Waals surface area contributed by atoms with Crippen LogP contribution in [0.15, 0.2) is 84.0 Å². The molecule has 1 amide bonds. The molecule has 4 aromatic rings. The monoisotopic (exact) mass is 554 g/mol. The van der Waals surface area contributed by atoms with Crippen molar-refractivity contribution in [2.24, 2.45) is 5.10 Å². The summed E-state index contributed by atoms with van der Waals surface area (Å²) in [5.41, 5.74) is 4.52. The SMILES string of the molecule is CCC(Oc1ccc(C(F)(F)F)cc1Cl)C(=O)N/N=C/c1cccc2ccc(OCc3cccc(C)c3)cc12. The summed E-state index contributed by atoms with van der Waals surface area (Å²) >= 11 is 5.96. The first-order valence-electron chi connectivity index (χ1n) is 12.2. The van der Waals surface area contributed by atoms with E-state index >= 15 is 0 Å². The first-order valence-corrected chi connectivity index (χ1v) is 12.6. The highest BCUT2D eigenvalue weighted by atomic mass is 35.5. The molecule has 0 aliphatic carbocycles. The Balaban J connectivity index is 1.43. The Morgan fingerprint density at radius 2 is 1.85 bits per heavy atom. The first-order chi connectivity index (χ1) is 18.6. The van der Waals surface area contributed by atoms with Crippen LogP contribution in [-0.4, -0.2) is 18.2 Å². The fourth-order valence-electron chi connectivity index (χ4n) is 3.93. The highest BCUT2D eigenvalue weighted by Gasteiger charge is 2.31. The number of carbonyl (C=O) groups excluding carboxylic acids is 1. The summed E-state index contributed by atoms with van der Waals surface area (Å²) in [4.78, 5) is 12.7. The number of hydrogen-bond acceptors (Lipinski definition) is 4. The zero-order valence-electron chi connectivity index (χ0n) is 21.3. The molecule has 0 aromatic heterocycles. The minimum Gasteiger partial charge on any atom is -0.489 e. The molecule has 4 rings (SSSR count). The lowest BCUT2D eigenvalue weighted by molar-refractivity contribution is -0.137. The molecule has 0 radical (unpaired) electrons. The third-order valence-electron chi connectivity index (χ3n) is 5.95. The molecule has 1 atom stereocenters. The minimum absolute atomic E-state index is 0.0251. The van der Waals surface area contributed by atoms with Crippen molar-refractivity contribution < 1.29 is 27.4 Å². The van der Waals surface area contributed by atoms with Crippen molar-refractivity contribution in [2.45, 2.75) is 39.2 Å². The van der Waals surface area contributed by atoms with Crippen molar-refractivity contribution in [3.8, 4) is 11.5 Å². The van der Waals surface area contributed by atoms with Gasteiger partial charge in [0.25, 0.3) is 5.91 Å². The van der Waals surface area contributed by atoms with E-state index in [2.05, 4.69) is 16.6 Å². The van der Waals surface area contributed by atoms with Gasteiger partial charge in [-0.05, 0) is 60.0 Å². The van der Waals surface area contributed by atoms with Crippen LogP contribution in [0.3, 0.4) is 0 Å². The number of alkyl halides is 3. The predicted octanol–water partition coefficient (Wildman–Crippen LogP) is 7.71. The Kier molecular flexibility index (Phi) is 8.76. The third kappa shape index (κ3) is 7.29. The van der Waals surface area contributed by atoms with Crippen LogP contribution in [0.5, 0.6) is 11.5 Å². The van der Waals surface area contributed by atoms with Gasteiger partial charge in [0, 0.05) is 5.56 Å². The molecule has 9 heteroatoms. The average molecular weight is 555 g/mol. The molecule has 5 nitrogen and oxygen atoms in total. The van der Waals surface area contributed by atoms with Crippen LogP contribution in [0.2, 0.25) is 5.02 Å². The Morgan fingerprint density at radius 1 is 1.05 bits per heavy atom. The van der Waals surface area contributed by atoms with Crippen LogP contribution in [0.1, 0.15) is 35.6 Å². The maximum absolute atomic E-state index is 12.9. The van der Waals surface area contributed by atoms with Gasteiger partial charge in [-0.2, -0.15) is 18.3 Å². The second kappa shape index (κ2) is 12.2. The van der Waals surface area contributed by atoms with Crippen LogP contribution >= 0.6 is 11.6 Å². The standard InChI is InChI=1S/C30H26ClF3N2O3/c1-3-27(39-28-13-11-23(15-26(28)31)30(32,33)34)29(37)36-35-17-22-9-5-8-21-10-12-24(16-25(21)22)38-18-20-7-4-6-19(2)14-20/h4-17,27H,3,18H2,1-2H3,(H,36,37)/b35-17+. The Labute approximate surface area is 229 Å². The molecule has 0 saturated carbocycles. The molecule has 202 valence electrons. The van der Waals surface area contributed by atoms with Crippen LogP contribution in [0, 0.1) is 6.92 Å². The lowest BCUT2D eigenvalue weighted by Gasteiger charge is -2.17. The van der Waals surface area contributed by atoms with Crippen molar-refractivity contribution >= 4 is 34.5 Å². The zero-order valence-corrected chi connectivity index (χ0v) is 22.0. The number of hydrazone groups is 1. The number of nitrogens with zero attached hydrogens (tertiary/aromatic N) is 1. The molecule has 0 saturated heterocycles. The van der Waals surface area contributed by atoms with Gasteiger partial charge in [0.2, 0.25) is 0 Å². The van der Waals surface area contributed by atoms with E-state index in [0.717, 1.165) is 45.7 Å². The van der Waals surface area contributed by atoms with Crippen molar-refractivity contribution in [1.29, 1.82) is 0 Å². The molecular weight excluding hydrogens is 529 g/mol. The first kappa shape index (κ1) is 28.0. The molecule has 1 N–H and O–H groups in total. The van der Waals surface area contributed by atoms with Crippen molar-refractivity contribution in [2.75, 3.05) is 0 Å². The van der Waals surface area contributed by atoms with E-state index in [1.165, 1.54) is 6.21 Å². The number of amides is 1. The lowest BCUT2D eigenvalue weighted by atomic mass is 10.1. The number of hydrogen-bond donors (Lipinski definition) is 1. The van der Waals surface area contributed by atoms with E-state index in [1.807, 2.05) is 61.5 Å².